The molecule has 0 amide bonds. The Morgan fingerprint density at radius 2 is 2.13 bits per heavy atom. The van der Waals surface area contributed by atoms with E-state index >= 15 is 0 Å². The lowest BCUT2D eigenvalue weighted by atomic mass is 10.3. The molecular formula is C11H21NO3. The molecular weight excluding hydrogens is 194 g/mol. The van der Waals surface area contributed by atoms with Gasteiger partial charge in [0.2, 0.25) is 0 Å². The van der Waals surface area contributed by atoms with Crippen LogP contribution in [0.3, 0.4) is 0 Å². The third-order valence-electron chi connectivity index (χ3n) is 2.41. The van der Waals surface area contributed by atoms with Crippen LogP contribution in [0.5, 0.6) is 0 Å². The average Bonchev–Trinajstić information content (AvgIpc) is 2.26. The SMILES string of the molecule is CCCCOCC(=O)CN1CCOCC1. The summed E-state index contributed by atoms with van der Waals surface area (Å²) in [5, 5.41) is 0. The molecule has 0 aromatic rings. The number of Topliss-reactive ketones (excluding diaryl/α,β-unsaturated/α-hetero) is 1. The van der Waals surface area contributed by atoms with Crippen LogP contribution in [0.25, 0.3) is 0 Å². The van der Waals surface area contributed by atoms with Crippen molar-refractivity contribution in [3.63, 3.8) is 0 Å². The summed E-state index contributed by atoms with van der Waals surface area (Å²) >= 11 is 0. The maximum atomic E-state index is 11.5. The van der Waals surface area contributed by atoms with Gasteiger partial charge in [-0.05, 0) is 6.42 Å². The molecule has 4 heteroatoms. The number of hydrogen-bond donors (Lipinski definition) is 0. The summed E-state index contributed by atoms with van der Waals surface area (Å²) in [7, 11) is 0. The first-order chi connectivity index (χ1) is 7.33. The van der Waals surface area contributed by atoms with Gasteiger partial charge in [0, 0.05) is 19.7 Å². The van der Waals surface area contributed by atoms with E-state index in [-0.39, 0.29) is 12.4 Å². The van der Waals surface area contributed by atoms with Crippen molar-refractivity contribution in [2.24, 2.45) is 0 Å². The molecule has 0 N–H and O–H groups in total. The van der Waals surface area contributed by atoms with Crippen molar-refractivity contribution in [3.05, 3.63) is 0 Å². The number of hydrogen-bond acceptors (Lipinski definition) is 4. The van der Waals surface area contributed by atoms with Crippen molar-refractivity contribution in [1.29, 1.82) is 0 Å². The Morgan fingerprint density at radius 3 is 2.80 bits per heavy atom. The molecule has 4 nitrogen and oxygen atoms in total. The first-order valence-electron chi connectivity index (χ1n) is 5.72. The molecule has 0 aromatic heterocycles. The van der Waals surface area contributed by atoms with Crippen molar-refractivity contribution in [1.82, 2.24) is 4.90 Å². The average molecular weight is 215 g/mol. The molecule has 1 aliphatic heterocycles. The van der Waals surface area contributed by atoms with E-state index in [2.05, 4.69) is 11.8 Å². The van der Waals surface area contributed by atoms with E-state index in [0.717, 1.165) is 39.1 Å². The Bertz CT molecular complexity index is 179. The number of unbranched alkanes of at least 4 members (excludes halogenated alkanes) is 1. The van der Waals surface area contributed by atoms with E-state index in [1.165, 1.54) is 0 Å². The van der Waals surface area contributed by atoms with E-state index in [9.17, 15) is 4.79 Å². The minimum atomic E-state index is 0.174. The lowest BCUT2D eigenvalue weighted by Gasteiger charge is -2.25. The summed E-state index contributed by atoms with van der Waals surface area (Å²) in [6, 6.07) is 0. The molecule has 1 heterocycles. The highest BCUT2D eigenvalue weighted by Gasteiger charge is 2.13. The number of morpholine rings is 1. The Kier molecular flexibility index (Phi) is 6.55. The minimum absolute atomic E-state index is 0.174. The molecule has 0 radical (unpaired) electrons. The van der Waals surface area contributed by atoms with Crippen LogP contribution in [0.15, 0.2) is 0 Å². The highest BCUT2D eigenvalue weighted by Crippen LogP contribution is 1.97. The van der Waals surface area contributed by atoms with Gasteiger partial charge < -0.3 is 9.47 Å². The largest absolute Gasteiger partial charge is 0.379 e. The van der Waals surface area contributed by atoms with Gasteiger partial charge in [0.25, 0.3) is 0 Å². The molecule has 88 valence electrons. The summed E-state index contributed by atoms with van der Waals surface area (Å²) in [6.45, 7) is 6.78. The Morgan fingerprint density at radius 1 is 1.40 bits per heavy atom. The van der Waals surface area contributed by atoms with Gasteiger partial charge in [0.1, 0.15) is 6.61 Å². The van der Waals surface area contributed by atoms with Crippen LogP contribution < -0.4 is 0 Å². The van der Waals surface area contributed by atoms with Gasteiger partial charge in [-0.1, -0.05) is 13.3 Å². The molecule has 0 bridgehead atoms. The summed E-state index contributed by atoms with van der Waals surface area (Å²) < 4.78 is 10.5. The monoisotopic (exact) mass is 215 g/mol. The molecule has 0 spiro atoms. The standard InChI is InChI=1S/C11H21NO3/c1-2-3-6-15-10-11(13)9-12-4-7-14-8-5-12/h2-10H2,1H3. The van der Waals surface area contributed by atoms with Crippen molar-refractivity contribution in [3.8, 4) is 0 Å². The number of carbonyl (C=O) groups is 1. The molecule has 0 aromatic carbocycles. The summed E-state index contributed by atoms with van der Waals surface area (Å²) in [5.41, 5.74) is 0. The van der Waals surface area contributed by atoms with Crippen molar-refractivity contribution >= 4 is 5.78 Å². The van der Waals surface area contributed by atoms with E-state index in [0.29, 0.717) is 13.2 Å². The number of nitrogens with zero attached hydrogens (tertiary/aromatic N) is 1. The molecule has 0 atom stereocenters. The molecule has 1 saturated heterocycles. The second-order valence-corrected chi connectivity index (χ2v) is 3.83. The molecule has 1 rings (SSSR count). The van der Waals surface area contributed by atoms with Crippen molar-refractivity contribution < 1.29 is 14.3 Å². The predicted octanol–water partition coefficient (Wildman–Crippen LogP) is 0.704. The quantitative estimate of drug-likeness (QED) is 0.586. The molecule has 1 fully saturated rings. The number of carbonyl (C=O) groups excluding carboxylic acids is 1. The van der Waals surface area contributed by atoms with Crippen LogP contribution in [0.1, 0.15) is 19.8 Å². The fraction of sp³-hybridized carbons (Fsp3) is 0.909. The summed E-state index contributed by atoms with van der Waals surface area (Å²) in [6.07, 6.45) is 2.14. The van der Waals surface area contributed by atoms with Crippen LogP contribution in [-0.2, 0) is 14.3 Å². The molecule has 0 aliphatic carbocycles. The maximum Gasteiger partial charge on any atom is 0.172 e. The maximum absolute atomic E-state index is 11.5. The van der Waals surface area contributed by atoms with E-state index in [4.69, 9.17) is 9.47 Å². The smallest absolute Gasteiger partial charge is 0.172 e. The van der Waals surface area contributed by atoms with Crippen LogP contribution in [0.2, 0.25) is 0 Å². The highest BCUT2D eigenvalue weighted by molar-refractivity contribution is 5.81. The van der Waals surface area contributed by atoms with Crippen molar-refractivity contribution in [2.75, 3.05) is 46.1 Å². The first-order valence-corrected chi connectivity index (χ1v) is 5.72. The van der Waals surface area contributed by atoms with Gasteiger partial charge in [0.05, 0.1) is 19.8 Å². The van der Waals surface area contributed by atoms with Gasteiger partial charge in [-0.3, -0.25) is 9.69 Å². The zero-order valence-corrected chi connectivity index (χ0v) is 9.54. The van der Waals surface area contributed by atoms with E-state index in [1.54, 1.807) is 0 Å². The lowest BCUT2D eigenvalue weighted by Crippen LogP contribution is -2.40. The molecule has 1 aliphatic rings. The first kappa shape index (κ1) is 12.6. The van der Waals surface area contributed by atoms with Gasteiger partial charge in [-0.2, -0.15) is 0 Å². The Hall–Kier alpha value is -0.450. The van der Waals surface area contributed by atoms with Gasteiger partial charge in [-0.15, -0.1) is 0 Å². The molecule has 0 unspecified atom stereocenters. The van der Waals surface area contributed by atoms with E-state index in [1.807, 2.05) is 0 Å². The van der Waals surface area contributed by atoms with Gasteiger partial charge in [0.15, 0.2) is 5.78 Å². The topological polar surface area (TPSA) is 38.8 Å². The third kappa shape index (κ3) is 5.87. The normalized spacial score (nSPS) is 17.9. The van der Waals surface area contributed by atoms with Crippen LogP contribution in [0, 0.1) is 0 Å². The van der Waals surface area contributed by atoms with Crippen LogP contribution in [0.4, 0.5) is 0 Å². The zero-order chi connectivity index (χ0) is 10.9. The minimum Gasteiger partial charge on any atom is -0.379 e. The molecule has 0 saturated carbocycles. The number of ether oxygens (including phenoxy) is 2. The third-order valence-corrected chi connectivity index (χ3v) is 2.41. The van der Waals surface area contributed by atoms with Gasteiger partial charge >= 0.3 is 0 Å². The summed E-state index contributed by atoms with van der Waals surface area (Å²) in [5.74, 6) is 0.174. The van der Waals surface area contributed by atoms with Crippen LogP contribution in [-0.4, -0.2) is 56.7 Å². The number of ketones is 1. The zero-order valence-electron chi connectivity index (χ0n) is 9.54. The predicted molar refractivity (Wildman–Crippen MR) is 58.0 cm³/mol. The van der Waals surface area contributed by atoms with Crippen LogP contribution >= 0.6 is 0 Å². The lowest BCUT2D eigenvalue weighted by molar-refractivity contribution is -0.125. The van der Waals surface area contributed by atoms with E-state index < -0.39 is 0 Å². The second kappa shape index (κ2) is 7.79. The van der Waals surface area contributed by atoms with Crippen molar-refractivity contribution in [2.45, 2.75) is 19.8 Å². The number of rotatable bonds is 7. The highest BCUT2D eigenvalue weighted by atomic mass is 16.5. The fourth-order valence-corrected chi connectivity index (χ4v) is 1.49. The summed E-state index contributed by atoms with van der Waals surface area (Å²) in [4.78, 5) is 13.6. The second-order valence-electron chi connectivity index (χ2n) is 3.83. The Labute approximate surface area is 91.5 Å². The van der Waals surface area contributed by atoms with Gasteiger partial charge in [-0.25, -0.2) is 0 Å². The fourth-order valence-electron chi connectivity index (χ4n) is 1.49. The molecule has 15 heavy (non-hydrogen) atoms. The Balaban J connectivity index is 2.01.